The van der Waals surface area contributed by atoms with Gasteiger partial charge in [-0.2, -0.15) is 9.97 Å². The molecule has 0 aliphatic rings. The van der Waals surface area contributed by atoms with E-state index in [4.69, 9.17) is 4.74 Å². The molecule has 21 heavy (non-hydrogen) atoms. The van der Waals surface area contributed by atoms with E-state index in [-0.39, 0.29) is 11.6 Å². The molecule has 6 nitrogen and oxygen atoms in total. The molecule has 0 aliphatic heterocycles. The molecule has 2 aromatic heterocycles. The van der Waals surface area contributed by atoms with Crippen molar-refractivity contribution < 1.29 is 13.5 Å². The fourth-order valence-corrected chi connectivity index (χ4v) is 1.78. The second-order valence-electron chi connectivity index (χ2n) is 4.16. The Bertz CT molecular complexity index is 789. The molecule has 0 saturated heterocycles. The van der Waals surface area contributed by atoms with Crippen LogP contribution < -0.4 is 10.1 Å². The molecule has 0 fully saturated rings. The van der Waals surface area contributed by atoms with Crippen LogP contribution in [0.2, 0.25) is 0 Å². The van der Waals surface area contributed by atoms with Crippen LogP contribution in [0.25, 0.3) is 11.2 Å². The molecule has 0 spiro atoms. The number of ether oxygens (including phenoxy) is 1. The number of anilines is 1. The van der Waals surface area contributed by atoms with Crippen molar-refractivity contribution in [2.75, 3.05) is 11.9 Å². The molecule has 3 aromatic rings. The molecule has 0 aliphatic carbocycles. The summed E-state index contributed by atoms with van der Waals surface area (Å²) < 4.78 is 32.0. The lowest BCUT2D eigenvalue weighted by atomic mass is 10.3. The molecule has 0 saturated carbocycles. The third-order valence-electron chi connectivity index (χ3n) is 2.69. The molecule has 0 radical (unpaired) electrons. The number of aromatic amines is 1. The van der Waals surface area contributed by atoms with Crippen molar-refractivity contribution in [3.05, 3.63) is 36.2 Å². The maximum atomic E-state index is 13.7. The number of nitrogens with zero attached hydrogens (tertiary/aromatic N) is 3. The predicted octanol–water partition coefficient (Wildman–Crippen LogP) is 2.86. The summed E-state index contributed by atoms with van der Waals surface area (Å²) in [5.74, 6) is -1.20. The van der Waals surface area contributed by atoms with E-state index < -0.39 is 11.6 Å². The Balaban J connectivity index is 2.04. The van der Waals surface area contributed by atoms with Gasteiger partial charge in [0, 0.05) is 12.6 Å². The largest absolute Gasteiger partial charge is 0.434 e. The smallest absolute Gasteiger partial charge is 0.250 e. The van der Waals surface area contributed by atoms with E-state index in [9.17, 15) is 8.78 Å². The van der Waals surface area contributed by atoms with Gasteiger partial charge in [0.25, 0.3) is 5.88 Å². The summed E-state index contributed by atoms with van der Waals surface area (Å²) in [5.41, 5.74) is 0.818. The van der Waals surface area contributed by atoms with Crippen molar-refractivity contribution in [3.63, 3.8) is 0 Å². The summed E-state index contributed by atoms with van der Waals surface area (Å²) in [7, 11) is 0. The van der Waals surface area contributed by atoms with Crippen molar-refractivity contribution in [2.45, 2.75) is 6.92 Å². The number of imidazole rings is 1. The van der Waals surface area contributed by atoms with Crippen LogP contribution in [0.5, 0.6) is 11.6 Å². The van der Waals surface area contributed by atoms with Gasteiger partial charge in [-0.3, -0.25) is 0 Å². The second-order valence-corrected chi connectivity index (χ2v) is 4.16. The number of fused-ring (bicyclic) bond motifs is 1. The van der Waals surface area contributed by atoms with Gasteiger partial charge in [-0.25, -0.2) is 13.8 Å². The minimum atomic E-state index is -0.814. The lowest BCUT2D eigenvalue weighted by Crippen LogP contribution is -2.04. The van der Waals surface area contributed by atoms with Gasteiger partial charge in [0.1, 0.15) is 11.3 Å². The summed E-state index contributed by atoms with van der Waals surface area (Å²) in [6, 6.07) is 3.04. The Kier molecular flexibility index (Phi) is 3.35. The van der Waals surface area contributed by atoms with Crippen LogP contribution in [0, 0.1) is 11.6 Å². The lowest BCUT2D eigenvalue weighted by molar-refractivity contribution is 0.427. The Morgan fingerprint density at radius 1 is 1.29 bits per heavy atom. The average Bonchev–Trinajstić information content (AvgIpc) is 2.91. The summed E-state index contributed by atoms with van der Waals surface area (Å²) >= 11 is 0. The first-order valence-electron chi connectivity index (χ1n) is 6.25. The number of aromatic nitrogens is 4. The van der Waals surface area contributed by atoms with Crippen molar-refractivity contribution in [2.24, 2.45) is 0 Å². The van der Waals surface area contributed by atoms with Gasteiger partial charge in [-0.1, -0.05) is 0 Å². The van der Waals surface area contributed by atoms with Crippen LogP contribution in [-0.4, -0.2) is 26.5 Å². The number of nitrogens with one attached hydrogen (secondary N) is 2. The molecule has 0 unspecified atom stereocenters. The Hall–Kier alpha value is -2.77. The Morgan fingerprint density at radius 2 is 2.14 bits per heavy atom. The molecule has 2 N–H and O–H groups in total. The first kappa shape index (κ1) is 13.2. The fraction of sp³-hybridized carbons (Fsp3) is 0.154. The number of rotatable bonds is 4. The third-order valence-corrected chi connectivity index (χ3v) is 2.69. The molecule has 108 valence electrons. The van der Waals surface area contributed by atoms with Crippen LogP contribution in [0.3, 0.4) is 0 Å². The molecule has 0 atom stereocenters. The van der Waals surface area contributed by atoms with Gasteiger partial charge in [-0.05, 0) is 19.1 Å². The molecule has 3 rings (SSSR count). The van der Waals surface area contributed by atoms with Gasteiger partial charge in [0.05, 0.1) is 6.33 Å². The highest BCUT2D eigenvalue weighted by molar-refractivity contribution is 5.77. The number of halogens is 2. The van der Waals surface area contributed by atoms with E-state index in [0.29, 0.717) is 23.7 Å². The maximum Gasteiger partial charge on any atom is 0.250 e. The van der Waals surface area contributed by atoms with Gasteiger partial charge < -0.3 is 15.0 Å². The van der Waals surface area contributed by atoms with E-state index in [1.54, 1.807) is 0 Å². The van der Waals surface area contributed by atoms with Gasteiger partial charge in [0.2, 0.25) is 5.95 Å². The fourth-order valence-electron chi connectivity index (χ4n) is 1.78. The van der Waals surface area contributed by atoms with Crippen LogP contribution in [0.4, 0.5) is 14.7 Å². The zero-order valence-electron chi connectivity index (χ0n) is 11.0. The molecule has 0 bridgehead atoms. The standard InChI is InChI=1S/C13H11F2N5O/c1-2-16-13-19-11-10(17-6-18-11)12(20-13)21-9-4-3-7(14)5-8(9)15/h3-6H,2H2,1H3,(H2,16,17,18,19,20). The first-order valence-corrected chi connectivity index (χ1v) is 6.25. The zero-order valence-corrected chi connectivity index (χ0v) is 11.0. The summed E-state index contributed by atoms with van der Waals surface area (Å²) in [6.07, 6.45) is 1.43. The van der Waals surface area contributed by atoms with Crippen molar-refractivity contribution in [1.82, 2.24) is 19.9 Å². The predicted molar refractivity (Wildman–Crippen MR) is 72.3 cm³/mol. The average molecular weight is 291 g/mol. The summed E-state index contributed by atoms with van der Waals surface area (Å²) in [4.78, 5) is 15.2. The Morgan fingerprint density at radius 3 is 2.90 bits per heavy atom. The summed E-state index contributed by atoms with van der Waals surface area (Å²) in [5, 5.41) is 2.93. The normalized spacial score (nSPS) is 10.8. The highest BCUT2D eigenvalue weighted by atomic mass is 19.1. The third kappa shape index (κ3) is 2.60. The number of H-pyrrole nitrogens is 1. The number of benzene rings is 1. The maximum absolute atomic E-state index is 13.7. The second kappa shape index (κ2) is 5.31. The molecular formula is C13H11F2N5O. The number of hydrogen-bond acceptors (Lipinski definition) is 5. The van der Waals surface area contributed by atoms with Crippen LogP contribution in [0.15, 0.2) is 24.5 Å². The van der Waals surface area contributed by atoms with Crippen molar-refractivity contribution in [1.29, 1.82) is 0 Å². The topological polar surface area (TPSA) is 75.7 Å². The molecule has 1 aromatic carbocycles. The van der Waals surface area contributed by atoms with Crippen molar-refractivity contribution in [3.8, 4) is 11.6 Å². The highest BCUT2D eigenvalue weighted by Gasteiger charge is 2.14. The van der Waals surface area contributed by atoms with E-state index in [0.717, 1.165) is 12.1 Å². The molecule has 8 heteroatoms. The molecular weight excluding hydrogens is 280 g/mol. The van der Waals surface area contributed by atoms with Crippen molar-refractivity contribution >= 4 is 17.1 Å². The first-order chi connectivity index (χ1) is 10.2. The number of hydrogen-bond donors (Lipinski definition) is 2. The molecule has 0 amide bonds. The van der Waals surface area contributed by atoms with Crippen LogP contribution >= 0.6 is 0 Å². The van der Waals surface area contributed by atoms with E-state index in [2.05, 4.69) is 25.3 Å². The van der Waals surface area contributed by atoms with Gasteiger partial charge >= 0.3 is 0 Å². The minimum Gasteiger partial charge on any atom is -0.434 e. The monoisotopic (exact) mass is 291 g/mol. The lowest BCUT2D eigenvalue weighted by Gasteiger charge is -2.08. The minimum absolute atomic E-state index is 0.110. The van der Waals surface area contributed by atoms with E-state index in [1.165, 1.54) is 12.4 Å². The quantitative estimate of drug-likeness (QED) is 0.773. The molecule has 2 heterocycles. The summed E-state index contributed by atoms with van der Waals surface area (Å²) in [6.45, 7) is 2.50. The van der Waals surface area contributed by atoms with Gasteiger partial charge in [-0.15, -0.1) is 0 Å². The highest BCUT2D eigenvalue weighted by Crippen LogP contribution is 2.28. The van der Waals surface area contributed by atoms with Crippen LogP contribution in [0.1, 0.15) is 6.92 Å². The van der Waals surface area contributed by atoms with E-state index in [1.807, 2.05) is 6.92 Å². The SMILES string of the molecule is CCNc1nc(Oc2ccc(F)cc2F)c2[nH]cnc2n1. The van der Waals surface area contributed by atoms with Crippen LogP contribution in [-0.2, 0) is 0 Å². The Labute approximate surface area is 118 Å². The zero-order chi connectivity index (χ0) is 14.8. The van der Waals surface area contributed by atoms with E-state index >= 15 is 0 Å². The van der Waals surface area contributed by atoms with Gasteiger partial charge in [0.15, 0.2) is 17.2 Å².